The molecule has 0 spiro atoms. The van der Waals surface area contributed by atoms with Gasteiger partial charge < -0.3 is 9.47 Å². The van der Waals surface area contributed by atoms with Gasteiger partial charge in [-0.05, 0) is 46.9 Å². The second-order valence-electron chi connectivity index (χ2n) is 9.25. The van der Waals surface area contributed by atoms with Crippen LogP contribution in [0.3, 0.4) is 0 Å². The molecule has 226 valence electrons. The Bertz CT molecular complexity index is 1600. The summed E-state index contributed by atoms with van der Waals surface area (Å²) in [4.78, 5) is 0. The Kier molecular flexibility index (Phi) is 9.07. The lowest BCUT2D eigenvalue weighted by Crippen LogP contribution is -2.25. The SMILES string of the molecule is CCCc1ccc(-c2ccc(-c3cc(F)c(C(F)(F)Oc4cc(F)c(OC=CC(F)(F)F)c(F)c4)c(F)c3)c(F)c2)cc1. The van der Waals surface area contributed by atoms with Gasteiger partial charge in [-0.2, -0.15) is 22.0 Å². The van der Waals surface area contributed by atoms with Gasteiger partial charge in [-0.1, -0.05) is 49.7 Å². The average Bonchev–Trinajstić information content (AvgIpc) is 2.89. The van der Waals surface area contributed by atoms with E-state index in [-0.39, 0.29) is 24.0 Å². The molecule has 0 saturated heterocycles. The van der Waals surface area contributed by atoms with Crippen molar-refractivity contribution in [1.82, 2.24) is 0 Å². The van der Waals surface area contributed by atoms with Gasteiger partial charge in [-0.15, -0.1) is 0 Å². The molecule has 0 unspecified atom stereocenters. The van der Waals surface area contributed by atoms with E-state index in [4.69, 9.17) is 0 Å². The zero-order chi connectivity index (χ0) is 31.5. The van der Waals surface area contributed by atoms with Crippen LogP contribution in [0, 0.1) is 29.1 Å². The number of rotatable bonds is 9. The van der Waals surface area contributed by atoms with Gasteiger partial charge in [0.2, 0.25) is 0 Å². The van der Waals surface area contributed by atoms with Gasteiger partial charge in [0.05, 0.1) is 12.3 Å². The molecule has 0 amide bonds. The largest absolute Gasteiger partial charge is 0.459 e. The minimum atomic E-state index is -4.86. The lowest BCUT2D eigenvalue weighted by atomic mass is 9.97. The van der Waals surface area contributed by atoms with Crippen LogP contribution >= 0.6 is 0 Å². The Balaban J connectivity index is 1.58. The predicted octanol–water partition coefficient (Wildman–Crippen LogP) is 10.3. The van der Waals surface area contributed by atoms with Crippen LogP contribution in [0.15, 0.2) is 79.1 Å². The van der Waals surface area contributed by atoms with E-state index in [0.29, 0.717) is 23.3 Å². The third-order valence-corrected chi connectivity index (χ3v) is 6.10. The second-order valence-corrected chi connectivity index (χ2v) is 9.25. The van der Waals surface area contributed by atoms with E-state index in [1.54, 1.807) is 12.1 Å². The normalized spacial score (nSPS) is 12.2. The van der Waals surface area contributed by atoms with E-state index in [1.165, 1.54) is 12.1 Å². The van der Waals surface area contributed by atoms with Crippen molar-refractivity contribution in [3.63, 3.8) is 0 Å². The first-order valence-electron chi connectivity index (χ1n) is 12.5. The predicted molar refractivity (Wildman–Crippen MR) is 138 cm³/mol. The van der Waals surface area contributed by atoms with Crippen molar-refractivity contribution in [3.05, 3.63) is 119 Å². The van der Waals surface area contributed by atoms with Gasteiger partial charge in [0, 0.05) is 17.7 Å². The number of aryl methyl sites for hydroxylation is 1. The summed E-state index contributed by atoms with van der Waals surface area (Å²) in [7, 11) is 0. The molecule has 43 heavy (non-hydrogen) atoms. The summed E-state index contributed by atoms with van der Waals surface area (Å²) >= 11 is 0. The third kappa shape index (κ3) is 7.49. The molecule has 0 aliphatic heterocycles. The molecule has 0 atom stereocenters. The Morgan fingerprint density at radius 3 is 1.74 bits per heavy atom. The average molecular weight is 614 g/mol. The Labute approximate surface area is 238 Å². The second kappa shape index (κ2) is 12.4. The molecule has 12 heteroatoms. The molecule has 0 aromatic heterocycles. The van der Waals surface area contributed by atoms with E-state index in [9.17, 15) is 43.9 Å². The van der Waals surface area contributed by atoms with Crippen LogP contribution in [0.4, 0.5) is 43.9 Å². The van der Waals surface area contributed by atoms with Crippen molar-refractivity contribution >= 4 is 0 Å². The maximum atomic E-state index is 15.0. The molecule has 0 saturated carbocycles. The van der Waals surface area contributed by atoms with Gasteiger partial charge >= 0.3 is 12.3 Å². The monoisotopic (exact) mass is 614 g/mol. The summed E-state index contributed by atoms with van der Waals surface area (Å²) in [5.41, 5.74) is -0.404. The molecule has 0 fully saturated rings. The third-order valence-electron chi connectivity index (χ3n) is 6.10. The fourth-order valence-electron chi connectivity index (χ4n) is 4.17. The van der Waals surface area contributed by atoms with Crippen LogP contribution in [0.2, 0.25) is 0 Å². The molecule has 4 aromatic carbocycles. The molecule has 0 radical (unpaired) electrons. The lowest BCUT2D eigenvalue weighted by Gasteiger charge is -2.20. The summed E-state index contributed by atoms with van der Waals surface area (Å²) in [6, 6.07) is 12.3. The quantitative estimate of drug-likeness (QED) is 0.138. The summed E-state index contributed by atoms with van der Waals surface area (Å²) in [5.74, 6) is -10.7. The fourth-order valence-corrected chi connectivity index (χ4v) is 4.17. The number of hydrogen-bond acceptors (Lipinski definition) is 2. The van der Waals surface area contributed by atoms with Crippen molar-refractivity contribution in [2.24, 2.45) is 0 Å². The van der Waals surface area contributed by atoms with Gasteiger partial charge in [0.15, 0.2) is 17.4 Å². The van der Waals surface area contributed by atoms with Crippen molar-refractivity contribution in [1.29, 1.82) is 0 Å². The molecule has 4 rings (SSSR count). The molecule has 0 aliphatic carbocycles. The highest BCUT2D eigenvalue weighted by atomic mass is 19.4. The molecule has 4 aromatic rings. The van der Waals surface area contributed by atoms with E-state index in [1.807, 2.05) is 19.1 Å². The maximum Gasteiger partial charge on any atom is 0.432 e. The summed E-state index contributed by atoms with van der Waals surface area (Å²) < 4.78 is 147. The number of halogens is 10. The zero-order valence-corrected chi connectivity index (χ0v) is 22.0. The van der Waals surface area contributed by atoms with E-state index >= 15 is 0 Å². The van der Waals surface area contributed by atoms with E-state index in [2.05, 4.69) is 9.47 Å². The highest BCUT2D eigenvalue weighted by Crippen LogP contribution is 2.39. The highest BCUT2D eigenvalue weighted by molar-refractivity contribution is 5.71. The van der Waals surface area contributed by atoms with Crippen LogP contribution in [0.5, 0.6) is 11.5 Å². The van der Waals surface area contributed by atoms with Crippen molar-refractivity contribution in [2.45, 2.75) is 32.1 Å². The van der Waals surface area contributed by atoms with Gasteiger partial charge in [-0.3, -0.25) is 0 Å². The number of allylic oxidation sites excluding steroid dienone is 1. The van der Waals surface area contributed by atoms with Crippen molar-refractivity contribution < 1.29 is 53.4 Å². The minimum Gasteiger partial charge on any atom is -0.459 e. The lowest BCUT2D eigenvalue weighted by molar-refractivity contribution is -0.189. The van der Waals surface area contributed by atoms with Crippen LogP contribution in [-0.2, 0) is 12.5 Å². The van der Waals surface area contributed by atoms with Gasteiger partial charge in [-0.25, -0.2) is 22.0 Å². The van der Waals surface area contributed by atoms with Crippen molar-refractivity contribution in [2.75, 3.05) is 0 Å². The minimum absolute atomic E-state index is 0.0794. The molecule has 0 N–H and O–H groups in total. The van der Waals surface area contributed by atoms with Crippen LogP contribution in [0.1, 0.15) is 24.5 Å². The van der Waals surface area contributed by atoms with Crippen LogP contribution in [-0.4, -0.2) is 6.18 Å². The first kappa shape index (κ1) is 31.5. The molecule has 0 aliphatic rings. The van der Waals surface area contributed by atoms with Gasteiger partial charge in [0.1, 0.15) is 28.8 Å². The molecule has 0 bridgehead atoms. The summed E-state index contributed by atoms with van der Waals surface area (Å²) in [6.45, 7) is 2.03. The number of ether oxygens (including phenoxy) is 2. The van der Waals surface area contributed by atoms with Crippen LogP contribution < -0.4 is 9.47 Å². The Hall–Kier alpha value is -4.48. The highest BCUT2D eigenvalue weighted by Gasteiger charge is 2.41. The van der Waals surface area contributed by atoms with Crippen LogP contribution in [0.25, 0.3) is 22.3 Å². The topological polar surface area (TPSA) is 18.5 Å². The summed E-state index contributed by atoms with van der Waals surface area (Å²) in [6.07, 6.45) is -8.45. The fraction of sp³-hybridized carbons (Fsp3) is 0.161. The first-order valence-corrected chi connectivity index (χ1v) is 12.5. The number of hydrogen-bond donors (Lipinski definition) is 0. The maximum absolute atomic E-state index is 15.0. The number of benzene rings is 4. The first-order chi connectivity index (χ1) is 20.2. The Morgan fingerprint density at radius 2 is 1.21 bits per heavy atom. The molecule has 0 heterocycles. The Morgan fingerprint density at radius 1 is 0.651 bits per heavy atom. The smallest absolute Gasteiger partial charge is 0.432 e. The van der Waals surface area contributed by atoms with Gasteiger partial charge in [0.25, 0.3) is 0 Å². The molecule has 2 nitrogen and oxygen atoms in total. The van der Waals surface area contributed by atoms with E-state index in [0.717, 1.165) is 24.5 Å². The zero-order valence-electron chi connectivity index (χ0n) is 22.0. The molecular weight excluding hydrogens is 594 g/mol. The van der Waals surface area contributed by atoms with E-state index < -0.39 is 70.1 Å². The summed E-state index contributed by atoms with van der Waals surface area (Å²) in [5, 5.41) is 0. The number of alkyl halides is 5. The molecular formula is C31H20F10O2. The standard InChI is InChI=1S/C31H20F10O2/c1-2-3-17-4-6-18(7-5-17)19-8-9-22(23(32)12-19)20-13-24(33)28(25(34)14-20)31(40,41)43-21-15-26(35)29(27(36)16-21)42-11-10-30(37,38)39/h4-16H,2-3H2,1H3. The van der Waals surface area contributed by atoms with Crippen molar-refractivity contribution in [3.8, 4) is 33.8 Å².